The Morgan fingerprint density at radius 2 is 2.05 bits per heavy atom. The molecule has 1 aromatic heterocycles. The summed E-state index contributed by atoms with van der Waals surface area (Å²) in [6.45, 7) is 5.36. The van der Waals surface area contributed by atoms with Gasteiger partial charge < -0.3 is 9.47 Å². The van der Waals surface area contributed by atoms with Gasteiger partial charge in [0, 0.05) is 5.75 Å². The lowest BCUT2D eigenvalue weighted by Gasteiger charge is -2.19. The van der Waals surface area contributed by atoms with Crippen molar-refractivity contribution < 1.29 is 19.1 Å². The number of carbonyl (C=O) groups excluding carboxylic acids is 2. The molecule has 0 fully saturated rings. The Bertz CT molecular complexity index is 703. The van der Waals surface area contributed by atoms with Gasteiger partial charge in [-0.05, 0) is 32.9 Å². The first-order valence-electron chi connectivity index (χ1n) is 6.83. The molecule has 2 rings (SSSR count). The van der Waals surface area contributed by atoms with Crippen molar-refractivity contribution in [1.29, 1.82) is 0 Å². The van der Waals surface area contributed by atoms with Gasteiger partial charge in [0.15, 0.2) is 5.75 Å². The number of hydrogen-bond donors (Lipinski definition) is 1. The van der Waals surface area contributed by atoms with Crippen LogP contribution < -0.4 is 4.74 Å². The van der Waals surface area contributed by atoms with Crippen LogP contribution in [-0.4, -0.2) is 33.0 Å². The fourth-order valence-electron chi connectivity index (χ4n) is 1.82. The molecule has 0 unspecified atom stereocenters. The highest BCUT2D eigenvalue weighted by molar-refractivity contribution is 7.80. The third kappa shape index (κ3) is 3.79. The van der Waals surface area contributed by atoms with Gasteiger partial charge in [-0.1, -0.05) is 6.07 Å². The zero-order valence-electron chi connectivity index (χ0n) is 12.7. The number of hydrogen-bond acceptors (Lipinski definition) is 6. The van der Waals surface area contributed by atoms with Crippen molar-refractivity contribution in [3.05, 3.63) is 24.5 Å². The number of ether oxygens (including phenoxy) is 2. The zero-order chi connectivity index (χ0) is 16.3. The number of fused-ring (bicyclic) bond motifs is 1. The monoisotopic (exact) mass is 322 g/mol. The van der Waals surface area contributed by atoms with Gasteiger partial charge in [-0.3, -0.25) is 4.79 Å². The van der Waals surface area contributed by atoms with Gasteiger partial charge in [0.25, 0.3) is 0 Å². The Morgan fingerprint density at radius 3 is 2.68 bits per heavy atom. The molecule has 0 saturated heterocycles. The van der Waals surface area contributed by atoms with Crippen molar-refractivity contribution in [3.8, 4) is 5.75 Å². The lowest BCUT2D eigenvalue weighted by atomic mass is 10.2. The molecule has 118 valence electrons. The van der Waals surface area contributed by atoms with E-state index in [2.05, 4.69) is 17.6 Å². The van der Waals surface area contributed by atoms with E-state index in [1.54, 1.807) is 39.0 Å². The molecule has 0 radical (unpaired) electrons. The summed E-state index contributed by atoms with van der Waals surface area (Å²) in [5.74, 6) is 0.321. The standard InChI is InChI=1S/C15H18N2O4S/c1-15(2,3)21-14(19)17-9-16-13-10(17)5-4-6-11(13)20-12(18)7-8-22/h4-6,9,22H,7-8H2,1-3H3. The van der Waals surface area contributed by atoms with Crippen LogP contribution >= 0.6 is 12.6 Å². The van der Waals surface area contributed by atoms with E-state index in [1.165, 1.54) is 10.9 Å². The van der Waals surface area contributed by atoms with E-state index in [9.17, 15) is 9.59 Å². The molecule has 0 aliphatic carbocycles. The quantitative estimate of drug-likeness (QED) is 0.534. The van der Waals surface area contributed by atoms with E-state index in [1.807, 2.05) is 0 Å². The van der Waals surface area contributed by atoms with E-state index in [0.717, 1.165) is 0 Å². The third-order valence-electron chi connectivity index (χ3n) is 2.67. The van der Waals surface area contributed by atoms with Crippen molar-refractivity contribution in [1.82, 2.24) is 9.55 Å². The van der Waals surface area contributed by atoms with Crippen molar-refractivity contribution in [2.45, 2.75) is 32.8 Å². The van der Waals surface area contributed by atoms with E-state index in [4.69, 9.17) is 9.47 Å². The Kier molecular flexibility index (Phi) is 4.75. The number of carbonyl (C=O) groups is 2. The summed E-state index contributed by atoms with van der Waals surface area (Å²) in [6.07, 6.45) is 1.02. The Hall–Kier alpha value is -2.02. The van der Waals surface area contributed by atoms with Crippen molar-refractivity contribution in [3.63, 3.8) is 0 Å². The second kappa shape index (κ2) is 6.39. The summed E-state index contributed by atoms with van der Waals surface area (Å²) in [7, 11) is 0. The van der Waals surface area contributed by atoms with Crippen molar-refractivity contribution in [2.24, 2.45) is 0 Å². The first-order chi connectivity index (χ1) is 10.3. The molecule has 1 heterocycles. The maximum absolute atomic E-state index is 12.2. The lowest BCUT2D eigenvalue weighted by Crippen LogP contribution is -2.26. The number of esters is 1. The minimum atomic E-state index is -0.607. The molecule has 1 aromatic carbocycles. The molecule has 2 aromatic rings. The highest BCUT2D eigenvalue weighted by Gasteiger charge is 2.20. The van der Waals surface area contributed by atoms with Crippen LogP contribution in [0.25, 0.3) is 11.0 Å². The van der Waals surface area contributed by atoms with Crippen molar-refractivity contribution in [2.75, 3.05) is 5.75 Å². The first-order valence-corrected chi connectivity index (χ1v) is 7.46. The van der Waals surface area contributed by atoms with Crippen LogP contribution in [0.4, 0.5) is 4.79 Å². The number of benzene rings is 1. The van der Waals surface area contributed by atoms with Gasteiger partial charge in [-0.2, -0.15) is 12.6 Å². The molecule has 0 N–H and O–H groups in total. The predicted molar refractivity (Wildman–Crippen MR) is 85.5 cm³/mol. The predicted octanol–water partition coefficient (Wildman–Crippen LogP) is 3.04. The SMILES string of the molecule is CC(C)(C)OC(=O)n1cnc2c(OC(=O)CCS)cccc21. The number of aromatic nitrogens is 2. The highest BCUT2D eigenvalue weighted by atomic mass is 32.1. The molecule has 7 heteroatoms. The Labute approximate surface area is 133 Å². The van der Waals surface area contributed by atoms with Crippen LogP contribution in [0, 0.1) is 0 Å². The second-order valence-corrected chi connectivity index (χ2v) is 6.11. The molecule has 0 spiro atoms. The molecular formula is C15H18N2O4S. The van der Waals surface area contributed by atoms with Gasteiger partial charge in [0.05, 0.1) is 11.9 Å². The van der Waals surface area contributed by atoms with Gasteiger partial charge >= 0.3 is 12.1 Å². The number of para-hydroxylation sites is 1. The maximum atomic E-state index is 12.2. The van der Waals surface area contributed by atoms with Crippen LogP contribution in [0.3, 0.4) is 0 Å². The molecular weight excluding hydrogens is 304 g/mol. The smallest absolute Gasteiger partial charge is 0.420 e. The maximum Gasteiger partial charge on any atom is 0.420 e. The normalized spacial score (nSPS) is 11.5. The molecule has 0 atom stereocenters. The topological polar surface area (TPSA) is 70.4 Å². The largest absolute Gasteiger partial charge is 0.443 e. The lowest BCUT2D eigenvalue weighted by molar-refractivity contribution is -0.133. The Balaban J connectivity index is 2.33. The van der Waals surface area contributed by atoms with Crippen LogP contribution in [-0.2, 0) is 9.53 Å². The van der Waals surface area contributed by atoms with Crippen LogP contribution in [0.1, 0.15) is 27.2 Å². The summed E-state index contributed by atoms with van der Waals surface area (Å²) >= 11 is 3.99. The van der Waals surface area contributed by atoms with Crippen LogP contribution in [0.15, 0.2) is 24.5 Å². The van der Waals surface area contributed by atoms with E-state index >= 15 is 0 Å². The Morgan fingerprint density at radius 1 is 1.32 bits per heavy atom. The number of imidazole rings is 1. The second-order valence-electron chi connectivity index (χ2n) is 5.67. The van der Waals surface area contributed by atoms with Crippen LogP contribution in [0.2, 0.25) is 0 Å². The average Bonchev–Trinajstić information content (AvgIpc) is 2.82. The van der Waals surface area contributed by atoms with Crippen molar-refractivity contribution >= 4 is 35.7 Å². The number of thiol groups is 1. The van der Waals surface area contributed by atoms with E-state index in [0.29, 0.717) is 22.5 Å². The zero-order valence-corrected chi connectivity index (χ0v) is 13.6. The van der Waals surface area contributed by atoms with Crippen LogP contribution in [0.5, 0.6) is 5.75 Å². The minimum absolute atomic E-state index is 0.201. The summed E-state index contributed by atoms with van der Waals surface area (Å²) in [4.78, 5) is 27.9. The summed E-state index contributed by atoms with van der Waals surface area (Å²) in [5.41, 5.74) is 0.343. The number of nitrogens with zero attached hydrogens (tertiary/aromatic N) is 2. The highest BCUT2D eigenvalue weighted by Crippen LogP contribution is 2.25. The fraction of sp³-hybridized carbons (Fsp3) is 0.400. The first kappa shape index (κ1) is 16.4. The molecule has 0 saturated carbocycles. The van der Waals surface area contributed by atoms with Gasteiger partial charge in [-0.25, -0.2) is 14.3 Å². The summed E-state index contributed by atoms with van der Waals surface area (Å²) in [5, 5.41) is 0. The third-order valence-corrected chi connectivity index (χ3v) is 2.89. The molecule has 0 aliphatic rings. The van der Waals surface area contributed by atoms with Gasteiger partial charge in [0.2, 0.25) is 0 Å². The minimum Gasteiger partial charge on any atom is -0.443 e. The number of rotatable bonds is 3. The fourth-order valence-corrected chi connectivity index (χ4v) is 2.00. The molecule has 6 nitrogen and oxygen atoms in total. The molecule has 0 aliphatic heterocycles. The molecule has 22 heavy (non-hydrogen) atoms. The van der Waals surface area contributed by atoms with E-state index in [-0.39, 0.29) is 6.42 Å². The molecule has 0 bridgehead atoms. The average molecular weight is 322 g/mol. The van der Waals surface area contributed by atoms with Gasteiger partial charge in [0.1, 0.15) is 17.4 Å². The summed E-state index contributed by atoms with van der Waals surface area (Å²) < 4.78 is 11.9. The summed E-state index contributed by atoms with van der Waals surface area (Å²) in [6, 6.07) is 5.03. The molecule has 0 amide bonds. The van der Waals surface area contributed by atoms with Gasteiger partial charge in [-0.15, -0.1) is 0 Å². The van der Waals surface area contributed by atoms with E-state index < -0.39 is 17.7 Å².